The molecule has 0 aromatic rings. The van der Waals surface area contributed by atoms with Gasteiger partial charge >= 0.3 is 0 Å². The summed E-state index contributed by atoms with van der Waals surface area (Å²) < 4.78 is 22.4. The minimum Gasteiger partial charge on any atom is -0.371 e. The molecule has 0 spiro atoms. The van der Waals surface area contributed by atoms with Crippen molar-refractivity contribution in [3.8, 4) is 0 Å². The second-order valence-electron chi connectivity index (χ2n) is 5.46. The quantitative estimate of drug-likeness (QED) is 0.487. The molecule has 17 heavy (non-hydrogen) atoms. The molecule has 0 aromatic carbocycles. The number of ether oxygens (including phenoxy) is 4. The Morgan fingerprint density at radius 2 is 1.82 bits per heavy atom. The van der Waals surface area contributed by atoms with Gasteiger partial charge in [0.1, 0.15) is 6.10 Å². The highest BCUT2D eigenvalue weighted by Gasteiger charge is 2.35. The van der Waals surface area contributed by atoms with Crippen LogP contribution in [-0.2, 0) is 18.9 Å². The molecular formula is C13H26O4. The molecule has 4 nitrogen and oxygen atoms in total. The lowest BCUT2D eigenvalue weighted by atomic mass is 10.0. The van der Waals surface area contributed by atoms with E-state index in [1.165, 1.54) is 0 Å². The maximum Gasteiger partial charge on any atom is 0.163 e. The average Bonchev–Trinajstić information content (AvgIpc) is 2.97. The maximum absolute atomic E-state index is 5.91. The van der Waals surface area contributed by atoms with Gasteiger partial charge in [0.25, 0.3) is 0 Å². The van der Waals surface area contributed by atoms with Crippen LogP contribution in [0, 0.1) is 0 Å². The van der Waals surface area contributed by atoms with Crippen molar-refractivity contribution in [3.05, 3.63) is 0 Å². The molecule has 1 heterocycles. The van der Waals surface area contributed by atoms with Gasteiger partial charge in [0.05, 0.1) is 24.9 Å². The number of rotatable bonds is 8. The topological polar surface area (TPSA) is 40.2 Å². The van der Waals surface area contributed by atoms with Crippen LogP contribution in [-0.4, -0.2) is 43.4 Å². The molecule has 2 unspecified atom stereocenters. The van der Waals surface area contributed by atoms with Gasteiger partial charge in [0, 0.05) is 6.61 Å². The molecule has 1 aliphatic rings. The summed E-state index contributed by atoms with van der Waals surface area (Å²) in [5.41, 5.74) is -0.347. The smallest absolute Gasteiger partial charge is 0.163 e. The van der Waals surface area contributed by atoms with Crippen molar-refractivity contribution < 1.29 is 18.9 Å². The van der Waals surface area contributed by atoms with Gasteiger partial charge < -0.3 is 18.9 Å². The van der Waals surface area contributed by atoms with E-state index in [1.54, 1.807) is 0 Å². The lowest BCUT2D eigenvalue weighted by molar-refractivity contribution is -0.264. The molecule has 1 fully saturated rings. The first-order valence-corrected chi connectivity index (χ1v) is 6.34. The van der Waals surface area contributed by atoms with E-state index in [0.29, 0.717) is 13.2 Å². The van der Waals surface area contributed by atoms with Crippen molar-refractivity contribution in [2.45, 2.75) is 65.1 Å². The van der Waals surface area contributed by atoms with Crippen LogP contribution in [0.25, 0.3) is 0 Å². The SMILES string of the molecule is CCOC(C)(C)OC(C)C(C)(C)OCC1CO1. The molecule has 1 rings (SSSR count). The van der Waals surface area contributed by atoms with Crippen molar-refractivity contribution in [1.29, 1.82) is 0 Å². The van der Waals surface area contributed by atoms with Crippen molar-refractivity contribution in [1.82, 2.24) is 0 Å². The first kappa shape index (κ1) is 14.9. The van der Waals surface area contributed by atoms with Crippen LogP contribution in [0.5, 0.6) is 0 Å². The summed E-state index contributed by atoms with van der Waals surface area (Å²) in [4.78, 5) is 0. The minimum absolute atomic E-state index is 0.0530. The monoisotopic (exact) mass is 246 g/mol. The Labute approximate surface area is 105 Å². The first-order valence-electron chi connectivity index (χ1n) is 6.34. The molecule has 0 aromatic heterocycles. The Hall–Kier alpha value is -0.160. The average molecular weight is 246 g/mol. The van der Waals surface area contributed by atoms with E-state index in [9.17, 15) is 0 Å². The van der Waals surface area contributed by atoms with E-state index >= 15 is 0 Å². The Morgan fingerprint density at radius 1 is 1.24 bits per heavy atom. The zero-order valence-electron chi connectivity index (χ0n) is 11.9. The van der Waals surface area contributed by atoms with Gasteiger partial charge in [-0.05, 0) is 41.5 Å². The van der Waals surface area contributed by atoms with Crippen LogP contribution >= 0.6 is 0 Å². The van der Waals surface area contributed by atoms with E-state index < -0.39 is 5.79 Å². The number of epoxide rings is 1. The van der Waals surface area contributed by atoms with Gasteiger partial charge in [-0.25, -0.2) is 0 Å². The van der Waals surface area contributed by atoms with Crippen LogP contribution in [0.4, 0.5) is 0 Å². The summed E-state index contributed by atoms with van der Waals surface area (Å²) in [5.74, 6) is -0.578. The Kier molecular flexibility index (Phi) is 4.95. The van der Waals surface area contributed by atoms with Gasteiger partial charge in [0.15, 0.2) is 5.79 Å². The highest BCUT2D eigenvalue weighted by molar-refractivity contribution is 4.80. The lowest BCUT2D eigenvalue weighted by Gasteiger charge is -2.37. The molecule has 0 radical (unpaired) electrons. The maximum atomic E-state index is 5.91. The largest absolute Gasteiger partial charge is 0.371 e. The molecule has 4 heteroatoms. The summed E-state index contributed by atoms with van der Waals surface area (Å²) in [5, 5.41) is 0. The van der Waals surface area contributed by atoms with E-state index in [2.05, 4.69) is 0 Å². The standard InChI is InChI=1S/C13H26O4/c1-7-15-13(5,6)17-10(2)12(3,4)16-9-11-8-14-11/h10-11H,7-9H2,1-6H3. The van der Waals surface area contributed by atoms with Crippen molar-refractivity contribution in [3.63, 3.8) is 0 Å². The van der Waals surface area contributed by atoms with E-state index in [0.717, 1.165) is 6.61 Å². The number of hydrogen-bond donors (Lipinski definition) is 0. The van der Waals surface area contributed by atoms with Crippen LogP contribution in [0.15, 0.2) is 0 Å². The number of hydrogen-bond acceptors (Lipinski definition) is 4. The summed E-state index contributed by atoms with van der Waals surface area (Å²) in [7, 11) is 0. The summed E-state index contributed by atoms with van der Waals surface area (Å²) in [6, 6.07) is 0. The molecule has 2 atom stereocenters. The molecule has 1 aliphatic heterocycles. The fraction of sp³-hybridized carbons (Fsp3) is 1.00. The fourth-order valence-corrected chi connectivity index (χ4v) is 1.54. The van der Waals surface area contributed by atoms with Gasteiger partial charge in [-0.3, -0.25) is 0 Å². The third kappa shape index (κ3) is 5.34. The van der Waals surface area contributed by atoms with E-state index in [1.807, 2.05) is 41.5 Å². The van der Waals surface area contributed by atoms with Crippen molar-refractivity contribution in [2.24, 2.45) is 0 Å². The third-order valence-corrected chi connectivity index (χ3v) is 2.98. The second-order valence-corrected chi connectivity index (χ2v) is 5.46. The zero-order chi connectivity index (χ0) is 13.1. The van der Waals surface area contributed by atoms with Crippen LogP contribution < -0.4 is 0 Å². The van der Waals surface area contributed by atoms with Gasteiger partial charge in [-0.2, -0.15) is 0 Å². The molecule has 1 saturated heterocycles. The normalized spacial score (nSPS) is 22.6. The Morgan fingerprint density at radius 3 is 2.29 bits per heavy atom. The van der Waals surface area contributed by atoms with Crippen molar-refractivity contribution in [2.75, 3.05) is 19.8 Å². The van der Waals surface area contributed by atoms with Crippen molar-refractivity contribution >= 4 is 0 Å². The van der Waals surface area contributed by atoms with Crippen LogP contribution in [0.3, 0.4) is 0 Å². The third-order valence-electron chi connectivity index (χ3n) is 2.98. The van der Waals surface area contributed by atoms with Gasteiger partial charge in [-0.15, -0.1) is 0 Å². The van der Waals surface area contributed by atoms with Gasteiger partial charge in [-0.1, -0.05) is 0 Å². The fourth-order valence-electron chi connectivity index (χ4n) is 1.54. The Bertz CT molecular complexity index is 234. The Balaban J connectivity index is 2.39. The van der Waals surface area contributed by atoms with Gasteiger partial charge in [0.2, 0.25) is 0 Å². The predicted octanol–water partition coefficient (Wildman–Crippen LogP) is 2.36. The van der Waals surface area contributed by atoms with E-state index in [4.69, 9.17) is 18.9 Å². The highest BCUT2D eigenvalue weighted by atomic mass is 16.7. The van der Waals surface area contributed by atoms with Crippen LogP contribution in [0.2, 0.25) is 0 Å². The van der Waals surface area contributed by atoms with Crippen LogP contribution in [0.1, 0.15) is 41.5 Å². The summed E-state index contributed by atoms with van der Waals surface area (Å²) in [6.07, 6.45) is 0.226. The summed E-state index contributed by atoms with van der Waals surface area (Å²) >= 11 is 0. The molecule has 0 bridgehead atoms. The lowest BCUT2D eigenvalue weighted by Crippen LogP contribution is -2.45. The molecule has 0 saturated carbocycles. The molecular weight excluding hydrogens is 220 g/mol. The summed E-state index contributed by atoms with van der Waals surface area (Å²) in [6.45, 7) is 14.0. The molecule has 0 amide bonds. The first-order chi connectivity index (χ1) is 7.77. The van der Waals surface area contributed by atoms with E-state index in [-0.39, 0.29) is 17.8 Å². The molecule has 102 valence electrons. The predicted molar refractivity (Wildman–Crippen MR) is 66.0 cm³/mol. The molecule has 0 N–H and O–H groups in total. The minimum atomic E-state index is -0.578. The zero-order valence-corrected chi connectivity index (χ0v) is 11.9. The molecule has 0 aliphatic carbocycles. The highest BCUT2D eigenvalue weighted by Crippen LogP contribution is 2.25. The second kappa shape index (κ2) is 5.65.